The number of amides is 1. The first-order chi connectivity index (χ1) is 9.72. The molecule has 0 radical (unpaired) electrons. The van der Waals surface area contributed by atoms with Crippen LogP contribution in [0.25, 0.3) is 0 Å². The lowest BCUT2D eigenvalue weighted by Gasteiger charge is -2.22. The average Bonchev–Trinajstić information content (AvgIpc) is 3.21. The maximum absolute atomic E-state index is 12.4. The third-order valence-electron chi connectivity index (χ3n) is 3.33. The highest BCUT2D eigenvalue weighted by Gasteiger charge is 2.32. The Hall–Kier alpha value is -2.37. The minimum atomic E-state index is 0.0689. The van der Waals surface area contributed by atoms with Gasteiger partial charge in [-0.1, -0.05) is 6.07 Å². The van der Waals surface area contributed by atoms with E-state index in [1.165, 1.54) is 0 Å². The number of carbonyl (C=O) groups excluding carboxylic acids is 1. The Kier molecular flexibility index (Phi) is 3.37. The van der Waals surface area contributed by atoms with Crippen molar-refractivity contribution in [2.75, 3.05) is 5.73 Å². The molecule has 1 fully saturated rings. The van der Waals surface area contributed by atoms with Gasteiger partial charge in [0.2, 0.25) is 5.91 Å². The number of nitrogens with zero attached hydrogens (tertiary/aromatic N) is 4. The van der Waals surface area contributed by atoms with Crippen molar-refractivity contribution in [1.82, 2.24) is 19.7 Å². The van der Waals surface area contributed by atoms with E-state index in [-0.39, 0.29) is 12.5 Å². The van der Waals surface area contributed by atoms with Gasteiger partial charge in [-0.15, -0.1) is 0 Å². The Labute approximate surface area is 117 Å². The van der Waals surface area contributed by atoms with Crippen LogP contribution in [-0.2, 0) is 17.9 Å². The molecule has 0 saturated heterocycles. The highest BCUT2D eigenvalue weighted by molar-refractivity contribution is 5.76. The van der Waals surface area contributed by atoms with Crippen molar-refractivity contribution in [2.24, 2.45) is 0 Å². The fourth-order valence-electron chi connectivity index (χ4n) is 2.19. The van der Waals surface area contributed by atoms with Crippen LogP contribution < -0.4 is 5.73 Å². The van der Waals surface area contributed by atoms with E-state index >= 15 is 0 Å². The Balaban J connectivity index is 1.69. The maximum Gasteiger partial charge on any atom is 0.244 e. The highest BCUT2D eigenvalue weighted by atomic mass is 16.2. The zero-order chi connectivity index (χ0) is 13.9. The molecule has 2 N–H and O–H groups in total. The molecule has 20 heavy (non-hydrogen) atoms. The molecule has 0 atom stereocenters. The standard InChI is InChI=1S/C14H17N5O/c15-12-7-17-18(9-12)10-14(20)19(13-3-4-13)8-11-2-1-5-16-6-11/h1-2,5-7,9,13H,3-4,8,10,15H2. The van der Waals surface area contributed by atoms with Gasteiger partial charge in [0.25, 0.3) is 0 Å². The van der Waals surface area contributed by atoms with Gasteiger partial charge in [0.1, 0.15) is 6.54 Å². The third kappa shape index (κ3) is 2.96. The van der Waals surface area contributed by atoms with Crippen LogP contribution in [0.5, 0.6) is 0 Å². The molecule has 1 saturated carbocycles. The Morgan fingerprint density at radius 2 is 2.30 bits per heavy atom. The van der Waals surface area contributed by atoms with Gasteiger partial charge in [0, 0.05) is 31.2 Å². The zero-order valence-corrected chi connectivity index (χ0v) is 11.1. The van der Waals surface area contributed by atoms with Crippen LogP contribution >= 0.6 is 0 Å². The van der Waals surface area contributed by atoms with Gasteiger partial charge < -0.3 is 10.6 Å². The van der Waals surface area contributed by atoms with E-state index < -0.39 is 0 Å². The number of aromatic nitrogens is 3. The molecule has 6 heteroatoms. The minimum absolute atomic E-state index is 0.0689. The Morgan fingerprint density at radius 1 is 1.45 bits per heavy atom. The van der Waals surface area contributed by atoms with Crippen molar-refractivity contribution >= 4 is 11.6 Å². The third-order valence-corrected chi connectivity index (χ3v) is 3.33. The van der Waals surface area contributed by atoms with Crippen molar-refractivity contribution in [3.05, 3.63) is 42.5 Å². The van der Waals surface area contributed by atoms with Crippen LogP contribution in [0.2, 0.25) is 0 Å². The van der Waals surface area contributed by atoms with Crippen LogP contribution in [0.1, 0.15) is 18.4 Å². The fourth-order valence-corrected chi connectivity index (χ4v) is 2.19. The quantitative estimate of drug-likeness (QED) is 0.881. The summed E-state index contributed by atoms with van der Waals surface area (Å²) in [5.74, 6) is 0.0689. The first-order valence-electron chi connectivity index (χ1n) is 6.68. The monoisotopic (exact) mass is 271 g/mol. The number of pyridine rings is 1. The summed E-state index contributed by atoms with van der Waals surface area (Å²) in [7, 11) is 0. The summed E-state index contributed by atoms with van der Waals surface area (Å²) < 4.78 is 1.58. The average molecular weight is 271 g/mol. The van der Waals surface area contributed by atoms with E-state index in [0.717, 1.165) is 18.4 Å². The van der Waals surface area contributed by atoms with E-state index in [1.807, 2.05) is 17.0 Å². The molecule has 0 spiro atoms. The number of nitrogen functional groups attached to an aromatic ring is 1. The van der Waals surface area contributed by atoms with Crippen LogP contribution in [-0.4, -0.2) is 31.6 Å². The lowest BCUT2D eigenvalue weighted by Crippen LogP contribution is -2.35. The van der Waals surface area contributed by atoms with Gasteiger partial charge in [-0.3, -0.25) is 14.5 Å². The van der Waals surface area contributed by atoms with Crippen LogP contribution in [0.4, 0.5) is 5.69 Å². The van der Waals surface area contributed by atoms with Crippen molar-refractivity contribution in [3.8, 4) is 0 Å². The van der Waals surface area contributed by atoms with Crippen molar-refractivity contribution in [3.63, 3.8) is 0 Å². The highest BCUT2D eigenvalue weighted by Crippen LogP contribution is 2.28. The lowest BCUT2D eigenvalue weighted by molar-refractivity contribution is -0.133. The lowest BCUT2D eigenvalue weighted by atomic mass is 10.2. The molecular formula is C14H17N5O. The SMILES string of the molecule is Nc1cnn(CC(=O)N(Cc2cccnc2)C2CC2)c1. The van der Waals surface area contributed by atoms with Crippen LogP contribution in [0.3, 0.4) is 0 Å². The molecule has 0 unspecified atom stereocenters. The second-order valence-electron chi connectivity index (χ2n) is 5.09. The molecular weight excluding hydrogens is 254 g/mol. The molecule has 1 aliphatic carbocycles. The molecule has 0 bridgehead atoms. The van der Waals surface area contributed by atoms with E-state index in [1.54, 1.807) is 29.5 Å². The second kappa shape index (κ2) is 5.32. The second-order valence-corrected chi connectivity index (χ2v) is 5.09. The number of hydrogen-bond donors (Lipinski definition) is 1. The van der Waals surface area contributed by atoms with Crippen LogP contribution in [0, 0.1) is 0 Å². The molecule has 0 aromatic carbocycles. The summed E-state index contributed by atoms with van der Waals surface area (Å²) >= 11 is 0. The predicted molar refractivity (Wildman–Crippen MR) is 74.4 cm³/mol. The predicted octanol–water partition coefficient (Wildman–Crippen LogP) is 1.05. The topological polar surface area (TPSA) is 77.0 Å². The summed E-state index contributed by atoms with van der Waals surface area (Å²) in [6.45, 7) is 0.835. The first kappa shape index (κ1) is 12.7. The Bertz CT molecular complexity index is 591. The Morgan fingerprint density at radius 3 is 2.90 bits per heavy atom. The van der Waals surface area contributed by atoms with Gasteiger partial charge in [-0.05, 0) is 24.5 Å². The first-order valence-corrected chi connectivity index (χ1v) is 6.68. The van der Waals surface area contributed by atoms with E-state index in [0.29, 0.717) is 18.3 Å². The van der Waals surface area contributed by atoms with E-state index in [2.05, 4.69) is 10.1 Å². The molecule has 2 heterocycles. The minimum Gasteiger partial charge on any atom is -0.396 e. The molecule has 2 aromatic heterocycles. The number of hydrogen-bond acceptors (Lipinski definition) is 4. The number of anilines is 1. The molecule has 1 aliphatic rings. The summed E-state index contributed by atoms with van der Waals surface area (Å²) in [6.07, 6.45) is 8.91. The van der Waals surface area contributed by atoms with Gasteiger partial charge >= 0.3 is 0 Å². The summed E-state index contributed by atoms with van der Waals surface area (Å²) in [5.41, 5.74) is 7.23. The van der Waals surface area contributed by atoms with Gasteiger partial charge in [0.15, 0.2) is 0 Å². The smallest absolute Gasteiger partial charge is 0.244 e. The van der Waals surface area contributed by atoms with Gasteiger partial charge in [0.05, 0.1) is 11.9 Å². The molecule has 104 valence electrons. The number of rotatable bonds is 5. The van der Waals surface area contributed by atoms with Crippen molar-refractivity contribution < 1.29 is 4.79 Å². The van der Waals surface area contributed by atoms with Crippen molar-refractivity contribution in [2.45, 2.75) is 32.0 Å². The summed E-state index contributed by atoms with van der Waals surface area (Å²) in [6, 6.07) is 4.23. The maximum atomic E-state index is 12.4. The van der Waals surface area contributed by atoms with Gasteiger partial charge in [-0.25, -0.2) is 0 Å². The summed E-state index contributed by atoms with van der Waals surface area (Å²) in [4.78, 5) is 18.4. The van der Waals surface area contributed by atoms with Crippen molar-refractivity contribution in [1.29, 1.82) is 0 Å². The molecule has 2 aromatic rings. The molecule has 6 nitrogen and oxygen atoms in total. The number of carbonyl (C=O) groups is 1. The van der Waals surface area contributed by atoms with E-state index in [9.17, 15) is 4.79 Å². The van der Waals surface area contributed by atoms with Crippen LogP contribution in [0.15, 0.2) is 36.9 Å². The largest absolute Gasteiger partial charge is 0.396 e. The molecule has 3 rings (SSSR count). The van der Waals surface area contributed by atoms with E-state index in [4.69, 9.17) is 5.73 Å². The zero-order valence-electron chi connectivity index (χ0n) is 11.1. The normalized spacial score (nSPS) is 14.2. The summed E-state index contributed by atoms with van der Waals surface area (Å²) in [5, 5.41) is 4.06. The molecule has 1 amide bonds. The van der Waals surface area contributed by atoms with Gasteiger partial charge in [-0.2, -0.15) is 5.10 Å². The fraction of sp³-hybridized carbons (Fsp3) is 0.357. The number of nitrogens with two attached hydrogens (primary N) is 1. The molecule has 0 aliphatic heterocycles.